The first-order valence-electron chi connectivity index (χ1n) is 7.36. The lowest BCUT2D eigenvalue weighted by molar-refractivity contribution is 0.464. The quantitative estimate of drug-likeness (QED) is 0.672. The summed E-state index contributed by atoms with van der Waals surface area (Å²) in [4.78, 5) is 0. The third kappa shape index (κ3) is 4.72. The Morgan fingerprint density at radius 1 is 1.11 bits per heavy atom. The Kier molecular flexibility index (Phi) is 6.24. The van der Waals surface area contributed by atoms with Gasteiger partial charge in [-0.15, -0.1) is 0 Å². The van der Waals surface area contributed by atoms with Gasteiger partial charge in [0.15, 0.2) is 0 Å². The van der Waals surface area contributed by atoms with Gasteiger partial charge in [-0.05, 0) is 48.8 Å². The van der Waals surface area contributed by atoms with Crippen molar-refractivity contribution in [1.82, 2.24) is 0 Å². The van der Waals surface area contributed by atoms with Gasteiger partial charge in [0.2, 0.25) is 0 Å². The van der Waals surface area contributed by atoms with Crippen LogP contribution < -0.4 is 0 Å². The Hall–Kier alpha value is -0.980. The van der Waals surface area contributed by atoms with Crippen LogP contribution in [0, 0.1) is 12.8 Å². The lowest BCUT2D eigenvalue weighted by Gasteiger charge is -2.10. The minimum absolute atomic E-state index is 0.487. The fourth-order valence-electron chi connectivity index (χ4n) is 2.41. The highest BCUT2D eigenvalue weighted by molar-refractivity contribution is 5.43. The zero-order valence-electron chi connectivity index (χ0n) is 12.4. The number of hydrogen-bond donors (Lipinski definition) is 1. The average molecular weight is 248 g/mol. The van der Waals surface area contributed by atoms with Gasteiger partial charge in [0.25, 0.3) is 0 Å². The second kappa shape index (κ2) is 7.45. The van der Waals surface area contributed by atoms with Crippen LogP contribution in [0.3, 0.4) is 0 Å². The third-order valence-electron chi connectivity index (χ3n) is 3.57. The molecule has 0 atom stereocenters. The average Bonchev–Trinajstić information content (AvgIpc) is 2.32. The van der Waals surface area contributed by atoms with E-state index >= 15 is 0 Å². The van der Waals surface area contributed by atoms with E-state index in [1.54, 1.807) is 0 Å². The number of phenols is 1. The second-order valence-corrected chi connectivity index (χ2v) is 5.77. The molecule has 1 N–H and O–H groups in total. The van der Waals surface area contributed by atoms with E-state index < -0.39 is 0 Å². The maximum absolute atomic E-state index is 9.89. The van der Waals surface area contributed by atoms with Gasteiger partial charge in [0, 0.05) is 0 Å². The molecule has 0 amide bonds. The van der Waals surface area contributed by atoms with Crippen molar-refractivity contribution in [3.05, 3.63) is 28.8 Å². The highest BCUT2D eigenvalue weighted by atomic mass is 16.3. The molecule has 0 saturated carbocycles. The summed E-state index contributed by atoms with van der Waals surface area (Å²) in [7, 11) is 0. The van der Waals surface area contributed by atoms with E-state index in [2.05, 4.69) is 32.9 Å². The van der Waals surface area contributed by atoms with Crippen LogP contribution in [0.1, 0.15) is 63.1 Å². The molecule has 18 heavy (non-hydrogen) atoms. The molecular formula is C17H28O. The maximum atomic E-state index is 9.89. The monoisotopic (exact) mass is 248 g/mol. The van der Waals surface area contributed by atoms with Crippen LogP contribution in [0.2, 0.25) is 0 Å². The van der Waals surface area contributed by atoms with Gasteiger partial charge >= 0.3 is 0 Å². The fourth-order valence-corrected chi connectivity index (χ4v) is 2.41. The molecule has 1 nitrogen and oxygen atoms in total. The summed E-state index contributed by atoms with van der Waals surface area (Å²) >= 11 is 0. The zero-order valence-corrected chi connectivity index (χ0v) is 12.4. The van der Waals surface area contributed by atoms with Crippen LogP contribution in [-0.2, 0) is 12.8 Å². The third-order valence-corrected chi connectivity index (χ3v) is 3.57. The van der Waals surface area contributed by atoms with Crippen LogP contribution in [0.15, 0.2) is 12.1 Å². The minimum Gasteiger partial charge on any atom is -0.507 e. The van der Waals surface area contributed by atoms with E-state index in [0.717, 1.165) is 29.9 Å². The number of unbranched alkanes of at least 4 members (excludes halogenated alkanes) is 2. The fraction of sp³-hybridized carbons (Fsp3) is 0.647. The maximum Gasteiger partial charge on any atom is 0.121 e. The first kappa shape index (κ1) is 15.1. The van der Waals surface area contributed by atoms with Crippen LogP contribution in [0.25, 0.3) is 0 Å². The summed E-state index contributed by atoms with van der Waals surface area (Å²) in [6.07, 6.45) is 7.32. The lowest BCUT2D eigenvalue weighted by atomic mass is 9.98. The summed E-state index contributed by atoms with van der Waals surface area (Å²) in [5.74, 6) is 1.31. The molecule has 1 aromatic carbocycles. The normalized spacial score (nSPS) is 11.2. The van der Waals surface area contributed by atoms with Crippen LogP contribution >= 0.6 is 0 Å². The molecule has 0 aliphatic heterocycles. The van der Waals surface area contributed by atoms with Crippen molar-refractivity contribution < 1.29 is 5.11 Å². The van der Waals surface area contributed by atoms with Gasteiger partial charge in [0.05, 0.1) is 0 Å². The second-order valence-electron chi connectivity index (χ2n) is 5.77. The Labute approximate surface area is 112 Å². The highest BCUT2D eigenvalue weighted by Gasteiger charge is 2.05. The van der Waals surface area contributed by atoms with Gasteiger partial charge in [-0.25, -0.2) is 0 Å². The minimum atomic E-state index is 0.487. The van der Waals surface area contributed by atoms with Crippen molar-refractivity contribution in [1.29, 1.82) is 0 Å². The number of rotatable bonds is 7. The number of benzene rings is 1. The van der Waals surface area contributed by atoms with Gasteiger partial charge in [-0.2, -0.15) is 0 Å². The van der Waals surface area contributed by atoms with Crippen molar-refractivity contribution >= 4 is 0 Å². The Morgan fingerprint density at radius 3 is 2.44 bits per heavy atom. The van der Waals surface area contributed by atoms with Crippen molar-refractivity contribution in [3.8, 4) is 5.75 Å². The van der Waals surface area contributed by atoms with Crippen molar-refractivity contribution in [2.75, 3.05) is 0 Å². The predicted molar refractivity (Wildman–Crippen MR) is 79.2 cm³/mol. The van der Waals surface area contributed by atoms with E-state index in [-0.39, 0.29) is 0 Å². The van der Waals surface area contributed by atoms with E-state index in [0.29, 0.717) is 5.75 Å². The van der Waals surface area contributed by atoms with E-state index in [9.17, 15) is 5.11 Å². The molecule has 0 heterocycles. The highest BCUT2D eigenvalue weighted by Crippen LogP contribution is 2.25. The molecule has 1 heteroatoms. The first-order chi connectivity index (χ1) is 8.54. The molecule has 1 aromatic rings. The van der Waals surface area contributed by atoms with E-state index in [1.165, 1.54) is 31.2 Å². The van der Waals surface area contributed by atoms with Crippen molar-refractivity contribution in [2.24, 2.45) is 5.92 Å². The number of aryl methyl sites for hydroxylation is 3. The Morgan fingerprint density at radius 2 is 1.83 bits per heavy atom. The molecule has 1 rings (SSSR count). The summed E-state index contributed by atoms with van der Waals surface area (Å²) < 4.78 is 0. The van der Waals surface area contributed by atoms with E-state index in [4.69, 9.17) is 0 Å². The van der Waals surface area contributed by atoms with Crippen molar-refractivity contribution in [2.45, 2.75) is 66.2 Å². The number of aromatic hydroxyl groups is 1. The van der Waals surface area contributed by atoms with Gasteiger partial charge in [-0.1, -0.05) is 52.2 Å². The van der Waals surface area contributed by atoms with E-state index in [1.807, 2.05) is 6.92 Å². The molecule has 0 unspecified atom stereocenters. The topological polar surface area (TPSA) is 20.2 Å². The smallest absolute Gasteiger partial charge is 0.121 e. The summed E-state index contributed by atoms with van der Waals surface area (Å²) in [6.45, 7) is 8.67. The lowest BCUT2D eigenvalue weighted by Crippen LogP contribution is -1.93. The largest absolute Gasteiger partial charge is 0.507 e. The Bertz CT molecular complexity index is 366. The molecule has 102 valence electrons. The molecular weight excluding hydrogens is 220 g/mol. The van der Waals surface area contributed by atoms with Crippen LogP contribution in [-0.4, -0.2) is 5.11 Å². The summed E-state index contributed by atoms with van der Waals surface area (Å²) in [6, 6.07) is 4.31. The zero-order chi connectivity index (χ0) is 13.5. The molecule has 0 fully saturated rings. The molecule has 0 aromatic heterocycles. The summed E-state index contributed by atoms with van der Waals surface area (Å²) in [5, 5.41) is 9.89. The molecule has 0 aliphatic carbocycles. The van der Waals surface area contributed by atoms with Gasteiger partial charge in [-0.3, -0.25) is 0 Å². The predicted octanol–water partition coefficient (Wildman–Crippen LogP) is 5.02. The first-order valence-corrected chi connectivity index (χ1v) is 7.36. The molecule has 0 spiro atoms. The Balaban J connectivity index is 2.45. The molecule has 0 radical (unpaired) electrons. The van der Waals surface area contributed by atoms with Crippen LogP contribution in [0.5, 0.6) is 5.75 Å². The number of hydrogen-bond acceptors (Lipinski definition) is 1. The number of phenolic OH excluding ortho intramolecular Hbond substituents is 1. The standard InChI is InChI=1S/C17H28O/c1-5-16-12-15(11-14(4)17(16)18)10-8-6-7-9-13(2)3/h11-13,18H,5-10H2,1-4H3. The molecule has 0 aliphatic rings. The molecule has 0 saturated heterocycles. The van der Waals surface area contributed by atoms with Gasteiger partial charge in [0.1, 0.15) is 5.75 Å². The van der Waals surface area contributed by atoms with Gasteiger partial charge < -0.3 is 5.11 Å². The van der Waals surface area contributed by atoms with Crippen LogP contribution in [0.4, 0.5) is 0 Å². The summed E-state index contributed by atoms with van der Waals surface area (Å²) in [5.41, 5.74) is 3.49. The SMILES string of the molecule is CCc1cc(CCCCCC(C)C)cc(C)c1O. The molecule has 0 bridgehead atoms. The van der Waals surface area contributed by atoms with Crippen molar-refractivity contribution in [3.63, 3.8) is 0 Å².